The van der Waals surface area contributed by atoms with Crippen LogP contribution in [-0.4, -0.2) is 35.5 Å². The third-order valence-corrected chi connectivity index (χ3v) is 3.27. The predicted octanol–water partition coefficient (Wildman–Crippen LogP) is 3.01. The van der Waals surface area contributed by atoms with Gasteiger partial charge in [0, 0.05) is 14.1 Å². The Morgan fingerprint density at radius 3 is 2.71 bits per heavy atom. The highest BCUT2D eigenvalue weighted by molar-refractivity contribution is 6.30. The second-order valence-electron chi connectivity index (χ2n) is 4.64. The zero-order valence-corrected chi connectivity index (χ0v) is 11.0. The molecule has 92 valence electrons. The average Bonchev–Trinajstić information content (AvgIpc) is 2.81. The van der Waals surface area contributed by atoms with Crippen LogP contribution in [0.15, 0.2) is 11.1 Å². The lowest BCUT2D eigenvalue weighted by atomic mass is 10.00. The van der Waals surface area contributed by atoms with Crippen molar-refractivity contribution >= 4 is 23.8 Å². The fraction of sp³-hybridized carbons (Fsp3) is 0.583. The Morgan fingerprint density at radius 2 is 2.06 bits per heavy atom. The molecular weight excluding hydrogens is 236 g/mol. The van der Waals surface area contributed by atoms with E-state index < -0.39 is 0 Å². The molecule has 1 heterocycles. The van der Waals surface area contributed by atoms with Crippen molar-refractivity contribution in [1.82, 2.24) is 15.1 Å². The van der Waals surface area contributed by atoms with Gasteiger partial charge in [0.05, 0.1) is 6.34 Å². The van der Waals surface area contributed by atoms with Crippen molar-refractivity contribution in [3.05, 3.63) is 16.8 Å². The van der Waals surface area contributed by atoms with E-state index in [0.717, 1.165) is 5.56 Å². The topological polar surface area (TPSA) is 41.4 Å². The number of halogens is 1. The van der Waals surface area contributed by atoms with Crippen LogP contribution >= 0.6 is 11.6 Å². The predicted molar refractivity (Wildman–Crippen MR) is 70.1 cm³/mol. The summed E-state index contributed by atoms with van der Waals surface area (Å²) in [6, 6.07) is 1.96. The maximum atomic E-state index is 6.10. The summed E-state index contributed by atoms with van der Waals surface area (Å²) in [4.78, 5) is 6.11. The van der Waals surface area contributed by atoms with Crippen LogP contribution in [0.1, 0.15) is 37.2 Å². The summed E-state index contributed by atoms with van der Waals surface area (Å²) in [5.74, 6) is 1.16. The minimum absolute atomic E-state index is 0.528. The molecule has 0 aromatic carbocycles. The van der Waals surface area contributed by atoms with Gasteiger partial charge >= 0.3 is 0 Å². The largest absolute Gasteiger partial charge is 0.369 e. The average molecular weight is 253 g/mol. The molecular formula is C12H17ClN4. The summed E-state index contributed by atoms with van der Waals surface area (Å²) < 4.78 is 0. The number of aromatic nitrogens is 2. The molecule has 0 unspecified atom stereocenters. The first-order valence-corrected chi connectivity index (χ1v) is 6.28. The highest BCUT2D eigenvalue weighted by Crippen LogP contribution is 2.37. The lowest BCUT2D eigenvalue weighted by molar-refractivity contribution is 0.642. The number of rotatable bonds is 3. The van der Waals surface area contributed by atoms with Crippen molar-refractivity contribution in [1.29, 1.82) is 0 Å². The maximum absolute atomic E-state index is 6.10. The van der Waals surface area contributed by atoms with Crippen molar-refractivity contribution in [3.8, 4) is 0 Å². The molecule has 1 aromatic heterocycles. The second-order valence-corrected chi connectivity index (χ2v) is 5.00. The molecule has 0 saturated heterocycles. The molecule has 0 spiro atoms. The second kappa shape index (κ2) is 5.45. The van der Waals surface area contributed by atoms with E-state index in [1.54, 1.807) is 6.34 Å². The van der Waals surface area contributed by atoms with Crippen LogP contribution in [0.3, 0.4) is 0 Å². The van der Waals surface area contributed by atoms with Gasteiger partial charge < -0.3 is 4.90 Å². The lowest BCUT2D eigenvalue weighted by Gasteiger charge is -2.10. The molecule has 1 fully saturated rings. The molecule has 0 atom stereocenters. The van der Waals surface area contributed by atoms with Crippen LogP contribution in [0, 0.1) is 0 Å². The van der Waals surface area contributed by atoms with E-state index in [2.05, 4.69) is 15.2 Å². The Labute approximate surface area is 107 Å². The monoisotopic (exact) mass is 252 g/mol. The summed E-state index contributed by atoms with van der Waals surface area (Å²) in [6.07, 6.45) is 6.67. The molecule has 0 N–H and O–H groups in total. The Morgan fingerprint density at radius 1 is 1.35 bits per heavy atom. The minimum atomic E-state index is 0.528. The first kappa shape index (κ1) is 12.3. The van der Waals surface area contributed by atoms with Gasteiger partial charge in [0.2, 0.25) is 0 Å². The summed E-state index contributed by atoms with van der Waals surface area (Å²) in [5, 5.41) is 8.49. The van der Waals surface area contributed by atoms with Gasteiger partial charge in [-0.2, -0.15) is 0 Å². The summed E-state index contributed by atoms with van der Waals surface area (Å²) in [6.45, 7) is 0. The molecule has 1 saturated carbocycles. The number of hydrogen-bond acceptors (Lipinski definition) is 3. The molecule has 1 aliphatic rings. The van der Waals surface area contributed by atoms with E-state index >= 15 is 0 Å². The molecule has 0 aliphatic heterocycles. The SMILES string of the molecule is CN(C)C=Nc1cc(C2CCCC2)c(Cl)nn1. The molecule has 1 aliphatic carbocycles. The zero-order valence-electron chi connectivity index (χ0n) is 10.2. The van der Waals surface area contributed by atoms with E-state index in [9.17, 15) is 0 Å². The van der Waals surface area contributed by atoms with Crippen LogP contribution in [0.25, 0.3) is 0 Å². The van der Waals surface area contributed by atoms with Gasteiger partial charge in [-0.3, -0.25) is 0 Å². The Bertz CT molecular complexity index is 411. The van der Waals surface area contributed by atoms with Crippen LogP contribution in [0.2, 0.25) is 5.15 Å². The number of hydrogen-bond donors (Lipinski definition) is 0. The maximum Gasteiger partial charge on any atom is 0.176 e. The van der Waals surface area contributed by atoms with E-state index in [0.29, 0.717) is 16.9 Å². The molecule has 0 amide bonds. The van der Waals surface area contributed by atoms with Gasteiger partial charge in [0.15, 0.2) is 11.0 Å². The van der Waals surface area contributed by atoms with Crippen molar-refractivity contribution in [2.45, 2.75) is 31.6 Å². The van der Waals surface area contributed by atoms with Gasteiger partial charge in [0.1, 0.15) is 0 Å². The van der Waals surface area contributed by atoms with Crippen molar-refractivity contribution in [2.75, 3.05) is 14.1 Å². The zero-order chi connectivity index (χ0) is 12.3. The van der Waals surface area contributed by atoms with Gasteiger partial charge in [-0.15, -0.1) is 10.2 Å². The smallest absolute Gasteiger partial charge is 0.176 e. The normalized spacial score (nSPS) is 16.9. The Kier molecular flexibility index (Phi) is 3.94. The van der Waals surface area contributed by atoms with Crippen LogP contribution in [0.4, 0.5) is 5.82 Å². The van der Waals surface area contributed by atoms with Crippen LogP contribution < -0.4 is 0 Å². The lowest BCUT2D eigenvalue weighted by Crippen LogP contribution is -2.07. The van der Waals surface area contributed by atoms with Gasteiger partial charge in [-0.1, -0.05) is 24.4 Å². The molecule has 0 bridgehead atoms. The quantitative estimate of drug-likeness (QED) is 0.613. The summed E-state index contributed by atoms with van der Waals surface area (Å²) >= 11 is 6.10. The van der Waals surface area contributed by atoms with Crippen molar-refractivity contribution < 1.29 is 0 Å². The first-order chi connectivity index (χ1) is 8.16. The van der Waals surface area contributed by atoms with Crippen molar-refractivity contribution in [3.63, 3.8) is 0 Å². The first-order valence-electron chi connectivity index (χ1n) is 5.90. The fourth-order valence-electron chi connectivity index (χ4n) is 2.14. The standard InChI is InChI=1S/C12H17ClN4/c1-17(2)8-14-11-7-10(12(13)16-15-11)9-5-3-4-6-9/h7-9H,3-6H2,1-2H3. The summed E-state index contributed by atoms with van der Waals surface area (Å²) in [5.41, 5.74) is 1.10. The minimum Gasteiger partial charge on any atom is -0.369 e. The summed E-state index contributed by atoms with van der Waals surface area (Å²) in [7, 11) is 3.84. The fourth-order valence-corrected chi connectivity index (χ4v) is 2.39. The van der Waals surface area contributed by atoms with Crippen molar-refractivity contribution in [2.24, 2.45) is 4.99 Å². The molecule has 2 rings (SSSR count). The molecule has 4 nitrogen and oxygen atoms in total. The Hall–Kier alpha value is -1.16. The third kappa shape index (κ3) is 3.16. The highest BCUT2D eigenvalue weighted by atomic mass is 35.5. The van der Waals surface area contributed by atoms with Gasteiger partial charge in [0.25, 0.3) is 0 Å². The molecule has 17 heavy (non-hydrogen) atoms. The molecule has 0 radical (unpaired) electrons. The van der Waals surface area contributed by atoms with Gasteiger partial charge in [-0.05, 0) is 30.4 Å². The third-order valence-electron chi connectivity index (χ3n) is 2.98. The number of aliphatic imine (C=N–C) groups is 1. The Balaban J connectivity index is 2.22. The van der Waals surface area contributed by atoms with Gasteiger partial charge in [-0.25, -0.2) is 4.99 Å². The van der Waals surface area contributed by atoms with Crippen LogP contribution in [0.5, 0.6) is 0 Å². The van der Waals surface area contributed by atoms with E-state index in [1.165, 1.54) is 25.7 Å². The molecule has 5 heteroatoms. The van der Waals surface area contributed by atoms with E-state index in [4.69, 9.17) is 11.6 Å². The van der Waals surface area contributed by atoms with Crippen LogP contribution in [-0.2, 0) is 0 Å². The number of nitrogens with zero attached hydrogens (tertiary/aromatic N) is 4. The highest BCUT2D eigenvalue weighted by Gasteiger charge is 2.20. The van der Waals surface area contributed by atoms with E-state index in [1.807, 2.05) is 25.1 Å². The van der Waals surface area contributed by atoms with E-state index in [-0.39, 0.29) is 0 Å². The molecule has 1 aromatic rings.